The Kier molecular flexibility index (Phi) is 6.46. The van der Waals surface area contributed by atoms with Gasteiger partial charge in [0.1, 0.15) is 0 Å². The van der Waals surface area contributed by atoms with Crippen molar-refractivity contribution in [3.8, 4) is 11.5 Å². The summed E-state index contributed by atoms with van der Waals surface area (Å²) in [5.74, 6) is 1.20. The van der Waals surface area contributed by atoms with Gasteiger partial charge in [-0.15, -0.1) is 0 Å². The predicted molar refractivity (Wildman–Crippen MR) is 106 cm³/mol. The number of non-ortho nitro benzene ring substituents is 1. The van der Waals surface area contributed by atoms with E-state index in [1.165, 1.54) is 18.2 Å². The Labute approximate surface area is 162 Å². The van der Waals surface area contributed by atoms with Crippen molar-refractivity contribution in [2.75, 3.05) is 31.6 Å². The Morgan fingerprint density at radius 1 is 1.07 bits per heavy atom. The molecule has 0 unspecified atom stereocenters. The Morgan fingerprint density at radius 2 is 1.82 bits per heavy atom. The van der Waals surface area contributed by atoms with Gasteiger partial charge in [-0.2, -0.15) is 0 Å². The normalized spacial score (nSPS) is 13.0. The van der Waals surface area contributed by atoms with Crippen LogP contribution in [0.1, 0.15) is 12.0 Å². The van der Waals surface area contributed by atoms with Crippen molar-refractivity contribution in [1.82, 2.24) is 5.32 Å². The molecular weight excluding hydrogens is 362 g/mol. The van der Waals surface area contributed by atoms with Crippen LogP contribution in [0.15, 0.2) is 48.5 Å². The Balaban J connectivity index is 1.43. The molecule has 2 N–H and O–H groups in total. The number of nitro groups is 1. The highest BCUT2D eigenvalue weighted by atomic mass is 16.6. The topological polar surface area (TPSA) is 103 Å². The number of carbonyl (C=O) groups excluding carboxylic acids is 1. The fourth-order valence-corrected chi connectivity index (χ4v) is 2.61. The largest absolute Gasteiger partial charge is 0.490 e. The van der Waals surface area contributed by atoms with Crippen LogP contribution in [0.5, 0.6) is 11.5 Å². The van der Waals surface area contributed by atoms with Crippen LogP contribution in [0.4, 0.5) is 11.4 Å². The highest BCUT2D eigenvalue weighted by molar-refractivity contribution is 5.91. The Bertz CT molecular complexity index is 865. The highest BCUT2D eigenvalue weighted by Gasteiger charge is 2.09. The van der Waals surface area contributed by atoms with E-state index in [1.807, 2.05) is 18.2 Å². The fourth-order valence-electron chi connectivity index (χ4n) is 2.61. The lowest BCUT2D eigenvalue weighted by molar-refractivity contribution is -0.384. The van der Waals surface area contributed by atoms with Crippen LogP contribution in [-0.4, -0.2) is 37.1 Å². The SMILES string of the molecule is O=C(/C=C/c1ccc2c(c1)OCCCO2)NCCNc1ccc([N+](=O)[O-])cc1. The first-order valence-electron chi connectivity index (χ1n) is 8.96. The average molecular weight is 383 g/mol. The summed E-state index contributed by atoms with van der Waals surface area (Å²) in [6.07, 6.45) is 4.02. The number of fused-ring (bicyclic) bond motifs is 1. The molecule has 8 heteroatoms. The third-order valence-electron chi connectivity index (χ3n) is 4.03. The maximum absolute atomic E-state index is 11.9. The zero-order chi connectivity index (χ0) is 19.8. The van der Waals surface area contributed by atoms with Crippen molar-refractivity contribution in [3.63, 3.8) is 0 Å². The van der Waals surface area contributed by atoms with Gasteiger partial charge in [0, 0.05) is 43.4 Å². The van der Waals surface area contributed by atoms with Gasteiger partial charge in [0.05, 0.1) is 18.1 Å². The van der Waals surface area contributed by atoms with E-state index < -0.39 is 4.92 Å². The van der Waals surface area contributed by atoms with Crippen molar-refractivity contribution in [2.24, 2.45) is 0 Å². The van der Waals surface area contributed by atoms with Crippen molar-refractivity contribution in [3.05, 3.63) is 64.2 Å². The molecular formula is C20H21N3O5. The summed E-state index contributed by atoms with van der Waals surface area (Å²) in [5.41, 5.74) is 1.64. The summed E-state index contributed by atoms with van der Waals surface area (Å²) in [4.78, 5) is 22.1. The molecule has 0 bridgehead atoms. The van der Waals surface area contributed by atoms with Crippen LogP contribution < -0.4 is 20.1 Å². The molecule has 0 aliphatic carbocycles. The van der Waals surface area contributed by atoms with Gasteiger partial charge in [0.25, 0.3) is 5.69 Å². The number of benzene rings is 2. The summed E-state index contributed by atoms with van der Waals surface area (Å²) >= 11 is 0. The van der Waals surface area contributed by atoms with Crippen LogP contribution in [0.25, 0.3) is 6.08 Å². The number of hydrogen-bond acceptors (Lipinski definition) is 6. The van der Waals surface area contributed by atoms with Crippen LogP contribution >= 0.6 is 0 Å². The first-order chi connectivity index (χ1) is 13.6. The van der Waals surface area contributed by atoms with E-state index in [0.717, 1.165) is 23.4 Å². The van der Waals surface area contributed by atoms with Crippen molar-refractivity contribution >= 4 is 23.4 Å². The molecule has 146 valence electrons. The van der Waals surface area contributed by atoms with Gasteiger partial charge >= 0.3 is 0 Å². The van der Waals surface area contributed by atoms with E-state index in [1.54, 1.807) is 18.2 Å². The zero-order valence-corrected chi connectivity index (χ0v) is 15.2. The van der Waals surface area contributed by atoms with E-state index >= 15 is 0 Å². The van der Waals surface area contributed by atoms with Crippen molar-refractivity contribution < 1.29 is 19.2 Å². The summed E-state index contributed by atoms with van der Waals surface area (Å²) in [7, 11) is 0. The molecule has 2 aromatic carbocycles. The second kappa shape index (κ2) is 9.40. The molecule has 1 aliphatic heterocycles. The van der Waals surface area contributed by atoms with Crippen molar-refractivity contribution in [1.29, 1.82) is 0 Å². The molecule has 0 fully saturated rings. The van der Waals surface area contributed by atoms with Gasteiger partial charge < -0.3 is 20.1 Å². The molecule has 1 amide bonds. The minimum Gasteiger partial charge on any atom is -0.490 e. The zero-order valence-electron chi connectivity index (χ0n) is 15.2. The Hall–Kier alpha value is -3.55. The molecule has 0 saturated carbocycles. The van der Waals surface area contributed by atoms with Gasteiger partial charge in [0.2, 0.25) is 5.91 Å². The lowest BCUT2D eigenvalue weighted by atomic mass is 10.2. The fraction of sp³-hybridized carbons (Fsp3) is 0.250. The molecule has 0 radical (unpaired) electrons. The third kappa shape index (κ3) is 5.47. The Morgan fingerprint density at radius 3 is 2.57 bits per heavy atom. The second-order valence-electron chi connectivity index (χ2n) is 6.11. The summed E-state index contributed by atoms with van der Waals surface area (Å²) in [5, 5.41) is 16.5. The number of nitrogens with one attached hydrogen (secondary N) is 2. The molecule has 1 aliphatic rings. The van der Waals surface area contributed by atoms with E-state index in [9.17, 15) is 14.9 Å². The molecule has 3 rings (SSSR count). The van der Waals surface area contributed by atoms with Gasteiger partial charge in [-0.05, 0) is 35.9 Å². The number of nitro benzene ring substituents is 1. The number of anilines is 1. The van der Waals surface area contributed by atoms with Crippen LogP contribution in [0, 0.1) is 10.1 Å². The number of rotatable bonds is 7. The summed E-state index contributed by atoms with van der Waals surface area (Å²) in [6, 6.07) is 11.7. The van der Waals surface area contributed by atoms with E-state index in [-0.39, 0.29) is 11.6 Å². The van der Waals surface area contributed by atoms with Crippen LogP contribution in [0.2, 0.25) is 0 Å². The van der Waals surface area contributed by atoms with Gasteiger partial charge in [-0.3, -0.25) is 14.9 Å². The van der Waals surface area contributed by atoms with Crippen LogP contribution in [-0.2, 0) is 4.79 Å². The molecule has 28 heavy (non-hydrogen) atoms. The average Bonchev–Trinajstić information content (AvgIpc) is 2.95. The monoisotopic (exact) mass is 383 g/mol. The quantitative estimate of drug-likeness (QED) is 0.330. The standard InChI is InChI=1S/C20H21N3O5/c24-20(22-11-10-21-16-4-6-17(7-5-16)23(25)26)9-3-15-2-8-18-19(14-15)28-13-1-12-27-18/h2-9,14,21H,1,10-13H2,(H,22,24)/b9-3+. The molecule has 0 spiro atoms. The first-order valence-corrected chi connectivity index (χ1v) is 8.96. The summed E-state index contributed by atoms with van der Waals surface area (Å²) < 4.78 is 11.2. The highest BCUT2D eigenvalue weighted by Crippen LogP contribution is 2.30. The first kappa shape index (κ1) is 19.2. The number of carbonyl (C=O) groups is 1. The van der Waals surface area contributed by atoms with Gasteiger partial charge in [-0.1, -0.05) is 6.07 Å². The molecule has 0 atom stereocenters. The lowest BCUT2D eigenvalue weighted by Gasteiger charge is -2.08. The van der Waals surface area contributed by atoms with E-state index in [2.05, 4.69) is 10.6 Å². The molecule has 0 saturated heterocycles. The van der Waals surface area contributed by atoms with E-state index in [4.69, 9.17) is 9.47 Å². The third-order valence-corrected chi connectivity index (χ3v) is 4.03. The molecule has 8 nitrogen and oxygen atoms in total. The maximum atomic E-state index is 11.9. The molecule has 1 heterocycles. The summed E-state index contributed by atoms with van der Waals surface area (Å²) in [6.45, 7) is 2.17. The molecule has 2 aromatic rings. The number of nitrogens with zero attached hydrogens (tertiary/aromatic N) is 1. The second-order valence-corrected chi connectivity index (χ2v) is 6.11. The van der Waals surface area contributed by atoms with E-state index in [0.29, 0.717) is 32.1 Å². The van der Waals surface area contributed by atoms with Crippen LogP contribution in [0.3, 0.4) is 0 Å². The van der Waals surface area contributed by atoms with Gasteiger partial charge in [0.15, 0.2) is 11.5 Å². The minimum absolute atomic E-state index is 0.0405. The number of ether oxygens (including phenoxy) is 2. The van der Waals surface area contributed by atoms with Gasteiger partial charge in [-0.25, -0.2) is 0 Å². The maximum Gasteiger partial charge on any atom is 0.269 e. The smallest absolute Gasteiger partial charge is 0.269 e. The number of hydrogen-bond donors (Lipinski definition) is 2. The molecule has 0 aromatic heterocycles. The number of amides is 1. The minimum atomic E-state index is -0.445. The predicted octanol–water partition coefficient (Wildman–Crippen LogP) is 3.00. The van der Waals surface area contributed by atoms with Crippen molar-refractivity contribution in [2.45, 2.75) is 6.42 Å². The lowest BCUT2D eigenvalue weighted by Crippen LogP contribution is -2.27.